The van der Waals surface area contributed by atoms with Crippen molar-refractivity contribution in [3.05, 3.63) is 48.0 Å². The summed E-state index contributed by atoms with van der Waals surface area (Å²) in [7, 11) is 1.65. The Labute approximate surface area is 128 Å². The van der Waals surface area contributed by atoms with Gasteiger partial charge >= 0.3 is 0 Å². The first kappa shape index (κ1) is 14.7. The normalized spacial score (nSPS) is 15.6. The summed E-state index contributed by atoms with van der Waals surface area (Å²) in [5.74, 6) is -0.291. The lowest BCUT2D eigenvalue weighted by Gasteiger charge is -2.19. The average Bonchev–Trinajstić information content (AvgIpc) is 3.24. The zero-order chi connectivity index (χ0) is 15.7. The van der Waals surface area contributed by atoms with Gasteiger partial charge in [0.05, 0.1) is 11.8 Å². The lowest BCUT2D eigenvalue weighted by molar-refractivity contribution is 0.0640. The number of aliphatic hydroxyl groups is 1. The second-order valence-corrected chi connectivity index (χ2v) is 5.72. The van der Waals surface area contributed by atoms with Gasteiger partial charge in [-0.15, -0.1) is 0 Å². The van der Waals surface area contributed by atoms with Gasteiger partial charge in [-0.05, 0) is 43.0 Å². The molecule has 2 aromatic rings. The Kier molecular flexibility index (Phi) is 3.94. The summed E-state index contributed by atoms with van der Waals surface area (Å²) in [5, 5.41) is 14.1. The van der Waals surface area contributed by atoms with Crippen LogP contribution in [0.1, 0.15) is 23.3 Å². The number of benzene rings is 1. The highest BCUT2D eigenvalue weighted by atomic mass is 19.1. The molecule has 1 amide bonds. The third kappa shape index (κ3) is 3.17. The van der Waals surface area contributed by atoms with Crippen molar-refractivity contribution in [3.63, 3.8) is 0 Å². The molecule has 5 nitrogen and oxygen atoms in total. The maximum Gasteiger partial charge on any atom is 0.274 e. The highest BCUT2D eigenvalue weighted by Crippen LogP contribution is 2.32. The average molecular weight is 303 g/mol. The molecule has 1 unspecified atom stereocenters. The van der Waals surface area contributed by atoms with Crippen LogP contribution in [0.25, 0.3) is 5.69 Å². The molecule has 1 aromatic heterocycles. The molecule has 1 N–H and O–H groups in total. The molecule has 6 heteroatoms. The second kappa shape index (κ2) is 5.88. The second-order valence-electron chi connectivity index (χ2n) is 5.72. The van der Waals surface area contributed by atoms with Gasteiger partial charge in [0, 0.05) is 19.8 Å². The minimum absolute atomic E-state index is 0.255. The molecule has 1 heterocycles. The summed E-state index contributed by atoms with van der Waals surface area (Å²) in [6.07, 6.45) is 3.20. The Morgan fingerprint density at radius 3 is 2.95 bits per heavy atom. The third-order valence-electron chi connectivity index (χ3n) is 3.85. The van der Waals surface area contributed by atoms with E-state index in [0.29, 0.717) is 18.2 Å². The van der Waals surface area contributed by atoms with Crippen molar-refractivity contribution < 1.29 is 14.3 Å². The van der Waals surface area contributed by atoms with Crippen LogP contribution in [0.3, 0.4) is 0 Å². The Bertz CT molecular complexity index is 682. The highest BCUT2D eigenvalue weighted by molar-refractivity contribution is 5.92. The number of likely N-dealkylation sites (N-methyl/N-ethyl adjacent to an activating group) is 1. The first-order valence-corrected chi connectivity index (χ1v) is 7.30. The molecule has 1 fully saturated rings. The van der Waals surface area contributed by atoms with Crippen LogP contribution >= 0.6 is 0 Å². The first-order chi connectivity index (χ1) is 10.5. The Morgan fingerprint density at radius 1 is 1.50 bits per heavy atom. The number of carbonyl (C=O) groups excluding carboxylic acids is 1. The topological polar surface area (TPSA) is 58.4 Å². The summed E-state index contributed by atoms with van der Waals surface area (Å²) in [6.45, 7) is 0.302. The summed E-state index contributed by atoms with van der Waals surface area (Å²) in [5.41, 5.74) is 0.828. The zero-order valence-corrected chi connectivity index (χ0v) is 12.3. The van der Waals surface area contributed by atoms with E-state index in [9.17, 15) is 14.3 Å². The van der Waals surface area contributed by atoms with Crippen molar-refractivity contribution in [3.8, 4) is 5.69 Å². The number of hydrogen-bond acceptors (Lipinski definition) is 3. The van der Waals surface area contributed by atoms with E-state index < -0.39 is 6.10 Å². The lowest BCUT2D eigenvalue weighted by atomic mass is 10.2. The molecule has 0 spiro atoms. The molecule has 1 aliphatic carbocycles. The Hall–Kier alpha value is -2.21. The van der Waals surface area contributed by atoms with E-state index in [0.717, 1.165) is 12.8 Å². The van der Waals surface area contributed by atoms with Gasteiger partial charge in [-0.2, -0.15) is 5.10 Å². The van der Waals surface area contributed by atoms with Crippen molar-refractivity contribution in [1.29, 1.82) is 0 Å². The summed E-state index contributed by atoms with van der Waals surface area (Å²) < 4.78 is 14.7. The number of aromatic nitrogens is 2. The number of carbonyl (C=O) groups is 1. The standard InChI is InChI=1S/C16H18FN3O2/c1-19(10-15(21)11-5-6-11)16(22)14-7-8-20(18-14)13-4-2-3-12(17)9-13/h2-4,7-9,11,15,21H,5-6,10H2,1H3. The number of aliphatic hydroxyl groups excluding tert-OH is 1. The van der Waals surface area contributed by atoms with Gasteiger partial charge in [-0.25, -0.2) is 9.07 Å². The summed E-state index contributed by atoms with van der Waals surface area (Å²) in [6, 6.07) is 7.60. The van der Waals surface area contributed by atoms with E-state index in [1.54, 1.807) is 31.4 Å². The molecule has 116 valence electrons. The molecule has 1 aromatic carbocycles. The molecule has 0 radical (unpaired) electrons. The van der Waals surface area contributed by atoms with Crippen molar-refractivity contribution in [2.24, 2.45) is 5.92 Å². The molecule has 0 bridgehead atoms. The third-order valence-corrected chi connectivity index (χ3v) is 3.85. The minimum Gasteiger partial charge on any atom is -0.391 e. The van der Waals surface area contributed by atoms with E-state index in [2.05, 4.69) is 5.10 Å². The highest BCUT2D eigenvalue weighted by Gasteiger charge is 2.31. The minimum atomic E-state index is -0.473. The molecule has 3 rings (SSSR count). The number of halogens is 1. The first-order valence-electron chi connectivity index (χ1n) is 7.30. The van der Waals surface area contributed by atoms with E-state index in [-0.39, 0.29) is 17.4 Å². The lowest BCUT2D eigenvalue weighted by Crippen LogP contribution is -2.35. The molecule has 1 aliphatic rings. The monoisotopic (exact) mass is 303 g/mol. The molecule has 1 saturated carbocycles. The Morgan fingerprint density at radius 2 is 2.27 bits per heavy atom. The van der Waals surface area contributed by atoms with E-state index >= 15 is 0 Å². The van der Waals surface area contributed by atoms with Crippen LogP contribution in [0.2, 0.25) is 0 Å². The number of hydrogen-bond donors (Lipinski definition) is 1. The smallest absolute Gasteiger partial charge is 0.274 e. The number of amides is 1. The molecule has 0 saturated heterocycles. The van der Waals surface area contributed by atoms with Gasteiger partial charge in [0.2, 0.25) is 0 Å². The molecule has 1 atom stereocenters. The van der Waals surface area contributed by atoms with Crippen molar-refractivity contribution in [2.45, 2.75) is 18.9 Å². The van der Waals surface area contributed by atoms with Crippen molar-refractivity contribution in [1.82, 2.24) is 14.7 Å². The zero-order valence-electron chi connectivity index (χ0n) is 12.3. The van der Waals surface area contributed by atoms with Gasteiger partial charge in [0.1, 0.15) is 5.82 Å². The van der Waals surface area contributed by atoms with Crippen LogP contribution in [0, 0.1) is 11.7 Å². The fourth-order valence-electron chi connectivity index (χ4n) is 2.39. The number of nitrogens with zero attached hydrogens (tertiary/aromatic N) is 3. The van der Waals surface area contributed by atoms with Crippen LogP contribution < -0.4 is 0 Å². The fraction of sp³-hybridized carbons (Fsp3) is 0.375. The molecule has 0 aliphatic heterocycles. The maximum absolute atomic E-state index is 13.2. The summed E-state index contributed by atoms with van der Waals surface area (Å²) >= 11 is 0. The largest absolute Gasteiger partial charge is 0.391 e. The van der Waals surface area contributed by atoms with Crippen LogP contribution in [0.4, 0.5) is 4.39 Å². The van der Waals surface area contributed by atoms with Crippen molar-refractivity contribution >= 4 is 5.91 Å². The van der Waals surface area contributed by atoms with Crippen molar-refractivity contribution in [2.75, 3.05) is 13.6 Å². The van der Waals surface area contributed by atoms with Gasteiger partial charge < -0.3 is 10.0 Å². The Balaban J connectivity index is 1.71. The van der Waals surface area contributed by atoms with Crippen LogP contribution in [0.15, 0.2) is 36.5 Å². The maximum atomic E-state index is 13.2. The quantitative estimate of drug-likeness (QED) is 0.917. The van der Waals surface area contributed by atoms with E-state index in [4.69, 9.17) is 0 Å². The molecular weight excluding hydrogens is 285 g/mol. The molecular formula is C16H18FN3O2. The predicted molar refractivity (Wildman–Crippen MR) is 79.2 cm³/mol. The fourth-order valence-corrected chi connectivity index (χ4v) is 2.39. The molecule has 22 heavy (non-hydrogen) atoms. The van der Waals surface area contributed by atoms with E-state index in [1.807, 2.05) is 0 Å². The summed E-state index contributed by atoms with van der Waals surface area (Å²) in [4.78, 5) is 13.8. The van der Waals surface area contributed by atoms with E-state index in [1.165, 1.54) is 21.7 Å². The van der Waals surface area contributed by atoms with Gasteiger partial charge in [-0.1, -0.05) is 6.07 Å². The number of rotatable bonds is 5. The predicted octanol–water partition coefficient (Wildman–Crippen LogP) is 1.85. The SMILES string of the molecule is CN(CC(O)C1CC1)C(=O)c1ccn(-c2cccc(F)c2)n1. The van der Waals surface area contributed by atoms with Gasteiger partial charge in [0.15, 0.2) is 5.69 Å². The van der Waals surface area contributed by atoms with Gasteiger partial charge in [0.25, 0.3) is 5.91 Å². The van der Waals surface area contributed by atoms with Crippen LogP contribution in [0.5, 0.6) is 0 Å². The van der Waals surface area contributed by atoms with Crippen LogP contribution in [-0.4, -0.2) is 45.4 Å². The van der Waals surface area contributed by atoms with Gasteiger partial charge in [-0.3, -0.25) is 4.79 Å². The van der Waals surface area contributed by atoms with Crippen LogP contribution in [-0.2, 0) is 0 Å².